The van der Waals surface area contributed by atoms with Gasteiger partial charge in [0.1, 0.15) is 5.82 Å². The smallest absolute Gasteiger partial charge is 0.227 e. The Hall–Kier alpha value is -1.92. The molecule has 1 saturated heterocycles. The maximum Gasteiger partial charge on any atom is 0.227 e. The quantitative estimate of drug-likeness (QED) is 0.819. The molecule has 2 aromatic rings. The molecule has 1 atom stereocenters. The Morgan fingerprint density at radius 2 is 1.92 bits per heavy atom. The van der Waals surface area contributed by atoms with Crippen molar-refractivity contribution in [3.8, 4) is 0 Å². The van der Waals surface area contributed by atoms with Crippen molar-refractivity contribution in [3.63, 3.8) is 0 Å². The SMILES string of the molecule is CC(Cn1cc(Cl)cn1)C(=O)N1CCN(Cc2ccc(F)cc2)CC1. The first-order chi connectivity index (χ1) is 12.0. The number of rotatable bonds is 5. The third kappa shape index (κ3) is 4.80. The van der Waals surface area contributed by atoms with Gasteiger partial charge in [-0.3, -0.25) is 14.4 Å². The number of benzene rings is 1. The second kappa shape index (κ2) is 7.97. The lowest BCUT2D eigenvalue weighted by Gasteiger charge is -2.36. The number of amides is 1. The first kappa shape index (κ1) is 17.9. The van der Waals surface area contributed by atoms with Gasteiger partial charge in [-0.05, 0) is 17.7 Å². The van der Waals surface area contributed by atoms with Crippen molar-refractivity contribution in [3.05, 3.63) is 53.1 Å². The van der Waals surface area contributed by atoms with Gasteiger partial charge in [-0.15, -0.1) is 0 Å². The lowest BCUT2D eigenvalue weighted by molar-refractivity contribution is -0.137. The fourth-order valence-electron chi connectivity index (χ4n) is 3.08. The number of halogens is 2. The molecule has 0 aliphatic carbocycles. The minimum absolute atomic E-state index is 0.139. The summed E-state index contributed by atoms with van der Waals surface area (Å²) in [5.74, 6) is -0.209. The van der Waals surface area contributed by atoms with Gasteiger partial charge in [0.25, 0.3) is 0 Å². The molecule has 0 spiro atoms. The third-order valence-corrected chi connectivity index (χ3v) is 4.68. The van der Waals surface area contributed by atoms with Crippen LogP contribution in [-0.4, -0.2) is 51.7 Å². The van der Waals surface area contributed by atoms with Crippen molar-refractivity contribution in [2.24, 2.45) is 5.92 Å². The first-order valence-electron chi connectivity index (χ1n) is 8.45. The van der Waals surface area contributed by atoms with Gasteiger partial charge >= 0.3 is 0 Å². The van der Waals surface area contributed by atoms with E-state index in [1.54, 1.807) is 17.1 Å². The van der Waals surface area contributed by atoms with E-state index in [0.717, 1.165) is 25.2 Å². The molecule has 0 N–H and O–H groups in total. The fraction of sp³-hybridized carbons (Fsp3) is 0.444. The number of nitrogens with zero attached hydrogens (tertiary/aromatic N) is 4. The molecule has 1 aromatic carbocycles. The van der Waals surface area contributed by atoms with E-state index in [2.05, 4.69) is 10.00 Å². The Bertz CT molecular complexity index is 710. The Morgan fingerprint density at radius 3 is 2.52 bits per heavy atom. The van der Waals surface area contributed by atoms with Gasteiger partial charge in [-0.1, -0.05) is 30.7 Å². The van der Waals surface area contributed by atoms with Crippen LogP contribution in [0.25, 0.3) is 0 Å². The summed E-state index contributed by atoms with van der Waals surface area (Å²) in [5.41, 5.74) is 1.09. The maximum absolute atomic E-state index is 13.0. The molecule has 0 bridgehead atoms. The van der Waals surface area contributed by atoms with Crippen LogP contribution in [0.1, 0.15) is 12.5 Å². The normalized spacial score (nSPS) is 16.8. The molecule has 3 rings (SSSR count). The number of aromatic nitrogens is 2. The highest BCUT2D eigenvalue weighted by Gasteiger charge is 2.25. The van der Waals surface area contributed by atoms with Crippen LogP contribution in [0.3, 0.4) is 0 Å². The Labute approximate surface area is 152 Å². The monoisotopic (exact) mass is 364 g/mol. The number of hydrogen-bond donors (Lipinski definition) is 0. The van der Waals surface area contributed by atoms with Gasteiger partial charge in [0.15, 0.2) is 0 Å². The van der Waals surface area contributed by atoms with Crippen molar-refractivity contribution in [2.75, 3.05) is 26.2 Å². The van der Waals surface area contributed by atoms with Crippen molar-refractivity contribution < 1.29 is 9.18 Å². The molecule has 134 valence electrons. The van der Waals surface area contributed by atoms with Gasteiger partial charge in [0, 0.05) is 38.9 Å². The van der Waals surface area contributed by atoms with Crippen LogP contribution in [0.5, 0.6) is 0 Å². The third-order valence-electron chi connectivity index (χ3n) is 4.49. The Morgan fingerprint density at radius 1 is 1.24 bits per heavy atom. The second-order valence-corrected chi connectivity index (χ2v) is 6.95. The van der Waals surface area contributed by atoms with Crippen LogP contribution in [0, 0.1) is 11.7 Å². The van der Waals surface area contributed by atoms with Crippen LogP contribution in [0.2, 0.25) is 5.02 Å². The van der Waals surface area contributed by atoms with Gasteiger partial charge in [0.05, 0.1) is 23.7 Å². The average Bonchev–Trinajstić information content (AvgIpc) is 3.02. The number of carbonyl (C=O) groups excluding carboxylic acids is 1. The fourth-order valence-corrected chi connectivity index (χ4v) is 3.24. The average molecular weight is 365 g/mol. The summed E-state index contributed by atoms with van der Waals surface area (Å²) in [5, 5.41) is 4.71. The number of hydrogen-bond acceptors (Lipinski definition) is 3. The molecule has 1 unspecified atom stereocenters. The van der Waals surface area contributed by atoms with Crippen molar-refractivity contribution in [2.45, 2.75) is 20.0 Å². The van der Waals surface area contributed by atoms with Crippen molar-refractivity contribution in [1.82, 2.24) is 19.6 Å². The molecule has 1 fully saturated rings. The van der Waals surface area contributed by atoms with Crippen LogP contribution < -0.4 is 0 Å². The molecule has 1 aliphatic heterocycles. The largest absolute Gasteiger partial charge is 0.340 e. The van der Waals surface area contributed by atoms with Crippen LogP contribution in [0.15, 0.2) is 36.7 Å². The zero-order valence-corrected chi connectivity index (χ0v) is 15.0. The van der Waals surface area contributed by atoms with Gasteiger partial charge in [0.2, 0.25) is 5.91 Å². The van der Waals surface area contributed by atoms with E-state index in [0.29, 0.717) is 24.7 Å². The molecule has 1 aromatic heterocycles. The van der Waals surface area contributed by atoms with Gasteiger partial charge < -0.3 is 4.90 Å². The highest BCUT2D eigenvalue weighted by molar-refractivity contribution is 6.30. The van der Waals surface area contributed by atoms with Crippen molar-refractivity contribution >= 4 is 17.5 Å². The first-order valence-corrected chi connectivity index (χ1v) is 8.82. The molecule has 1 amide bonds. The second-order valence-electron chi connectivity index (χ2n) is 6.51. The Balaban J connectivity index is 1.47. The molecular formula is C18H22ClFN4O. The highest BCUT2D eigenvalue weighted by atomic mass is 35.5. The van der Waals surface area contributed by atoms with E-state index in [-0.39, 0.29) is 17.6 Å². The standard InChI is InChI=1S/C18H22ClFN4O/c1-14(11-24-13-16(19)10-21-24)18(25)23-8-6-22(7-9-23)12-15-2-4-17(20)5-3-15/h2-5,10,13-14H,6-9,11-12H2,1H3. The number of carbonyl (C=O) groups is 1. The molecule has 0 radical (unpaired) electrons. The molecule has 1 aliphatic rings. The van der Waals surface area contributed by atoms with E-state index >= 15 is 0 Å². The van der Waals surface area contributed by atoms with E-state index in [4.69, 9.17) is 11.6 Å². The molecular weight excluding hydrogens is 343 g/mol. The highest BCUT2D eigenvalue weighted by Crippen LogP contribution is 2.13. The van der Waals surface area contributed by atoms with Gasteiger partial charge in [-0.25, -0.2) is 4.39 Å². The molecule has 25 heavy (non-hydrogen) atoms. The minimum atomic E-state index is -0.216. The van der Waals surface area contributed by atoms with Gasteiger partial charge in [-0.2, -0.15) is 5.10 Å². The number of piperazine rings is 1. The topological polar surface area (TPSA) is 41.4 Å². The summed E-state index contributed by atoms with van der Waals surface area (Å²) in [6, 6.07) is 6.59. The predicted molar refractivity (Wildman–Crippen MR) is 94.7 cm³/mol. The molecule has 2 heterocycles. The summed E-state index contributed by atoms with van der Waals surface area (Å²) in [6.07, 6.45) is 3.30. The predicted octanol–water partition coefficient (Wildman–Crippen LogP) is 2.66. The van der Waals surface area contributed by atoms with E-state index in [1.165, 1.54) is 12.1 Å². The van der Waals surface area contributed by atoms with E-state index in [1.807, 2.05) is 24.0 Å². The molecule has 0 saturated carbocycles. The summed E-state index contributed by atoms with van der Waals surface area (Å²) in [7, 11) is 0. The Kier molecular flexibility index (Phi) is 5.71. The summed E-state index contributed by atoms with van der Waals surface area (Å²) < 4.78 is 14.7. The van der Waals surface area contributed by atoms with Crippen LogP contribution in [-0.2, 0) is 17.9 Å². The molecule has 5 nitrogen and oxygen atoms in total. The van der Waals surface area contributed by atoms with E-state index < -0.39 is 0 Å². The summed E-state index contributed by atoms with van der Waals surface area (Å²) >= 11 is 5.86. The maximum atomic E-state index is 13.0. The zero-order valence-electron chi connectivity index (χ0n) is 14.2. The van der Waals surface area contributed by atoms with Crippen LogP contribution >= 0.6 is 11.6 Å². The lowest BCUT2D eigenvalue weighted by atomic mass is 10.1. The van der Waals surface area contributed by atoms with Crippen molar-refractivity contribution in [1.29, 1.82) is 0 Å². The summed E-state index contributed by atoms with van der Waals surface area (Å²) in [4.78, 5) is 16.8. The molecule has 7 heteroatoms. The minimum Gasteiger partial charge on any atom is -0.340 e. The summed E-state index contributed by atoms with van der Waals surface area (Å²) in [6.45, 7) is 6.30. The van der Waals surface area contributed by atoms with Crippen LogP contribution in [0.4, 0.5) is 4.39 Å². The lowest BCUT2D eigenvalue weighted by Crippen LogP contribution is -2.50. The van der Waals surface area contributed by atoms with E-state index in [9.17, 15) is 9.18 Å². The zero-order chi connectivity index (χ0) is 17.8.